The van der Waals surface area contributed by atoms with Crippen molar-refractivity contribution in [2.75, 3.05) is 12.4 Å². The van der Waals surface area contributed by atoms with Crippen LogP contribution in [0.3, 0.4) is 0 Å². The van der Waals surface area contributed by atoms with Gasteiger partial charge in [0.25, 0.3) is 0 Å². The van der Waals surface area contributed by atoms with Crippen LogP contribution in [-0.2, 0) is 0 Å². The van der Waals surface area contributed by atoms with Crippen molar-refractivity contribution in [2.45, 2.75) is 0 Å². The highest BCUT2D eigenvalue weighted by Crippen LogP contribution is 2.25. The summed E-state index contributed by atoms with van der Waals surface area (Å²) in [4.78, 5) is 0. The summed E-state index contributed by atoms with van der Waals surface area (Å²) in [7, 11) is 1.85. The highest BCUT2D eigenvalue weighted by Gasteiger charge is 2.11. The lowest BCUT2D eigenvalue weighted by molar-refractivity contribution is 1.09. The van der Waals surface area contributed by atoms with Crippen molar-refractivity contribution in [3.63, 3.8) is 0 Å². The highest BCUT2D eigenvalue weighted by molar-refractivity contribution is 5.74. The molecule has 1 aromatic heterocycles. The molecule has 0 radical (unpaired) electrons. The first-order valence-electron chi connectivity index (χ1n) is 6.77. The van der Waals surface area contributed by atoms with Gasteiger partial charge < -0.3 is 5.32 Å². The Hall–Kier alpha value is -2.99. The van der Waals surface area contributed by atoms with E-state index in [4.69, 9.17) is 0 Å². The molecule has 0 aliphatic heterocycles. The Kier molecular flexibility index (Phi) is 3.70. The van der Waals surface area contributed by atoms with E-state index in [9.17, 15) is 0 Å². The highest BCUT2D eigenvalue weighted by atomic mass is 15.2. The second kappa shape index (κ2) is 5.98. The molecule has 21 heavy (non-hydrogen) atoms. The molecule has 0 fully saturated rings. The minimum absolute atomic E-state index is 0.761. The fourth-order valence-corrected chi connectivity index (χ4v) is 2.11. The maximum atomic E-state index is 4.28. The Bertz CT molecular complexity index is 778. The van der Waals surface area contributed by atoms with Crippen LogP contribution in [-0.4, -0.2) is 17.2 Å². The molecule has 102 valence electrons. The molecule has 0 aliphatic carbocycles. The lowest BCUT2D eigenvalue weighted by Crippen LogP contribution is -1.91. The molecule has 3 nitrogen and oxygen atoms in total. The molecule has 0 saturated carbocycles. The number of rotatable bonds is 2. The van der Waals surface area contributed by atoms with Gasteiger partial charge in [-0.1, -0.05) is 60.4 Å². The van der Waals surface area contributed by atoms with Crippen molar-refractivity contribution in [1.82, 2.24) is 10.2 Å². The molecule has 1 heterocycles. The molecule has 2 aromatic carbocycles. The van der Waals surface area contributed by atoms with Gasteiger partial charge >= 0.3 is 0 Å². The molecular weight excluding hydrogens is 258 g/mol. The molecule has 3 heteroatoms. The Labute approximate surface area is 124 Å². The first-order chi connectivity index (χ1) is 10.4. The third-order valence-electron chi connectivity index (χ3n) is 3.17. The minimum Gasteiger partial charge on any atom is -0.371 e. The fraction of sp³-hybridized carbons (Fsp3) is 0.0556. The fourth-order valence-electron chi connectivity index (χ4n) is 2.11. The summed E-state index contributed by atoms with van der Waals surface area (Å²) in [6.45, 7) is 0. The van der Waals surface area contributed by atoms with Gasteiger partial charge in [0, 0.05) is 18.2 Å². The van der Waals surface area contributed by atoms with Gasteiger partial charge in [-0.3, -0.25) is 5.10 Å². The van der Waals surface area contributed by atoms with Crippen LogP contribution in [0.25, 0.3) is 11.3 Å². The zero-order chi connectivity index (χ0) is 14.5. The van der Waals surface area contributed by atoms with Crippen LogP contribution in [0.15, 0.2) is 60.7 Å². The van der Waals surface area contributed by atoms with Gasteiger partial charge in [0.05, 0.1) is 11.3 Å². The summed E-state index contributed by atoms with van der Waals surface area (Å²) < 4.78 is 0. The third-order valence-corrected chi connectivity index (χ3v) is 3.17. The minimum atomic E-state index is 0.761. The van der Waals surface area contributed by atoms with Gasteiger partial charge in [-0.05, 0) is 12.1 Å². The Morgan fingerprint density at radius 2 is 1.57 bits per heavy atom. The van der Waals surface area contributed by atoms with Crippen LogP contribution in [0, 0.1) is 11.8 Å². The molecule has 0 amide bonds. The summed E-state index contributed by atoms with van der Waals surface area (Å²) in [5.41, 5.74) is 3.87. The van der Waals surface area contributed by atoms with E-state index < -0.39 is 0 Å². The summed E-state index contributed by atoms with van der Waals surface area (Å²) in [6.07, 6.45) is 0. The first-order valence-corrected chi connectivity index (χ1v) is 6.77. The number of benzene rings is 2. The second-order valence-electron chi connectivity index (χ2n) is 4.55. The molecular formula is C18H15N3. The SMILES string of the molecule is CNc1n[nH]c(-c2ccccc2)c1C#Cc1ccccc1. The third kappa shape index (κ3) is 2.80. The van der Waals surface area contributed by atoms with Gasteiger partial charge in [0.2, 0.25) is 0 Å². The van der Waals surface area contributed by atoms with Crippen LogP contribution < -0.4 is 5.32 Å². The van der Waals surface area contributed by atoms with Crippen molar-refractivity contribution >= 4 is 5.82 Å². The van der Waals surface area contributed by atoms with Gasteiger partial charge in [-0.2, -0.15) is 5.10 Å². The molecule has 3 aromatic rings. The van der Waals surface area contributed by atoms with Crippen molar-refractivity contribution < 1.29 is 0 Å². The van der Waals surface area contributed by atoms with E-state index >= 15 is 0 Å². The zero-order valence-electron chi connectivity index (χ0n) is 11.7. The number of aromatic amines is 1. The van der Waals surface area contributed by atoms with E-state index in [0.29, 0.717) is 0 Å². The van der Waals surface area contributed by atoms with Gasteiger partial charge in [-0.15, -0.1) is 0 Å². The molecule has 0 aliphatic rings. The molecule has 3 rings (SSSR count). The quantitative estimate of drug-likeness (QED) is 0.701. The van der Waals surface area contributed by atoms with E-state index in [2.05, 4.69) is 27.4 Å². The van der Waals surface area contributed by atoms with E-state index in [1.165, 1.54) is 0 Å². The molecule has 0 spiro atoms. The predicted molar refractivity (Wildman–Crippen MR) is 86.0 cm³/mol. The van der Waals surface area contributed by atoms with Crippen molar-refractivity contribution in [2.24, 2.45) is 0 Å². The number of nitrogens with zero attached hydrogens (tertiary/aromatic N) is 1. The van der Waals surface area contributed by atoms with E-state index in [-0.39, 0.29) is 0 Å². The molecule has 0 bridgehead atoms. The summed E-state index contributed by atoms with van der Waals surface area (Å²) in [6, 6.07) is 20.0. The normalized spacial score (nSPS) is 9.76. The van der Waals surface area contributed by atoms with Crippen LogP contribution in [0.1, 0.15) is 11.1 Å². The average molecular weight is 273 g/mol. The molecule has 0 atom stereocenters. The lowest BCUT2D eigenvalue weighted by Gasteiger charge is -1.99. The standard InChI is InChI=1S/C18H15N3/c1-19-18-16(13-12-14-8-4-2-5-9-14)17(20-21-18)15-10-6-3-7-11-15/h2-11H,1H3,(H2,19,20,21). The van der Waals surface area contributed by atoms with Gasteiger partial charge in [0.1, 0.15) is 0 Å². The lowest BCUT2D eigenvalue weighted by atomic mass is 10.1. The average Bonchev–Trinajstić information content (AvgIpc) is 2.97. The maximum absolute atomic E-state index is 4.28. The van der Waals surface area contributed by atoms with Crippen molar-refractivity contribution in [1.29, 1.82) is 0 Å². The van der Waals surface area contributed by atoms with Crippen LogP contribution in [0.2, 0.25) is 0 Å². The number of nitrogens with one attached hydrogen (secondary N) is 2. The van der Waals surface area contributed by atoms with E-state index in [1.807, 2.05) is 67.7 Å². The van der Waals surface area contributed by atoms with Crippen molar-refractivity contribution in [3.05, 3.63) is 71.8 Å². The van der Waals surface area contributed by atoms with E-state index in [1.54, 1.807) is 0 Å². The largest absolute Gasteiger partial charge is 0.371 e. The smallest absolute Gasteiger partial charge is 0.164 e. The van der Waals surface area contributed by atoms with Crippen LogP contribution in [0.4, 0.5) is 5.82 Å². The zero-order valence-corrected chi connectivity index (χ0v) is 11.7. The van der Waals surface area contributed by atoms with Gasteiger partial charge in [-0.25, -0.2) is 0 Å². The molecule has 0 unspecified atom stereocenters. The number of H-pyrrole nitrogens is 1. The summed E-state index contributed by atoms with van der Waals surface area (Å²) in [5.74, 6) is 7.16. The van der Waals surface area contributed by atoms with Crippen LogP contribution >= 0.6 is 0 Å². The predicted octanol–water partition coefficient (Wildman–Crippen LogP) is 3.52. The Morgan fingerprint density at radius 1 is 0.905 bits per heavy atom. The number of anilines is 1. The van der Waals surface area contributed by atoms with Crippen LogP contribution in [0.5, 0.6) is 0 Å². The maximum Gasteiger partial charge on any atom is 0.164 e. The van der Waals surface area contributed by atoms with Crippen molar-refractivity contribution in [3.8, 4) is 23.1 Å². The Morgan fingerprint density at radius 3 is 2.24 bits per heavy atom. The second-order valence-corrected chi connectivity index (χ2v) is 4.55. The monoisotopic (exact) mass is 273 g/mol. The topological polar surface area (TPSA) is 40.7 Å². The summed E-state index contributed by atoms with van der Waals surface area (Å²) in [5, 5.41) is 10.4. The van der Waals surface area contributed by atoms with E-state index in [0.717, 1.165) is 28.2 Å². The Balaban J connectivity index is 2.06. The molecule has 2 N–H and O–H groups in total. The molecule has 0 saturated heterocycles. The van der Waals surface area contributed by atoms with Gasteiger partial charge in [0.15, 0.2) is 5.82 Å². The first kappa shape index (κ1) is 13.0. The number of aromatic nitrogens is 2. The summed E-state index contributed by atoms with van der Waals surface area (Å²) >= 11 is 0. The number of hydrogen-bond acceptors (Lipinski definition) is 2. The number of hydrogen-bond donors (Lipinski definition) is 2.